The van der Waals surface area contributed by atoms with E-state index in [1.54, 1.807) is 21.6 Å². The van der Waals surface area contributed by atoms with Gasteiger partial charge in [-0.25, -0.2) is 9.69 Å². The SMILES string of the molecule is C=C1C[C@H]2C(O)N(C(=O)OCC(C)(C)SSC(C)(C)C)c3cc(CO)c(CO)cc3C(=O)N2C1. The first kappa shape index (κ1) is 26.9. The standard InChI is InChI=1S/C24H34N2O6S2/c1-14-7-19-21(30)26(22(31)32-13-24(5,6)34-33-23(2,3)4)18-9-16(12-28)15(11-27)8-17(18)20(29)25(19)10-14/h8-9,19,21,27-28,30H,1,7,10-13H2,2-6H3/t19-,21?/m0/s1. The molecule has 0 aromatic heterocycles. The third kappa shape index (κ3) is 5.73. The Kier molecular flexibility index (Phi) is 7.99. The second-order valence-corrected chi connectivity index (χ2v) is 13.9. The van der Waals surface area contributed by atoms with Crippen LogP contribution in [0, 0.1) is 0 Å². The van der Waals surface area contributed by atoms with Crippen molar-refractivity contribution in [3.8, 4) is 0 Å². The van der Waals surface area contributed by atoms with Crippen molar-refractivity contribution < 1.29 is 29.6 Å². The molecule has 3 N–H and O–H groups in total. The number of hydrogen-bond donors (Lipinski definition) is 3. The highest BCUT2D eigenvalue weighted by atomic mass is 33.1. The van der Waals surface area contributed by atoms with Gasteiger partial charge in [-0.05, 0) is 43.5 Å². The van der Waals surface area contributed by atoms with Crippen molar-refractivity contribution in [2.75, 3.05) is 18.1 Å². The Hall–Kier alpha value is -1.72. The Labute approximate surface area is 208 Å². The molecule has 2 heterocycles. The van der Waals surface area contributed by atoms with Gasteiger partial charge in [0.2, 0.25) is 0 Å². The molecule has 0 aliphatic carbocycles. The zero-order chi connectivity index (χ0) is 25.4. The molecule has 0 saturated carbocycles. The summed E-state index contributed by atoms with van der Waals surface area (Å²) in [4.78, 5) is 29.3. The summed E-state index contributed by atoms with van der Waals surface area (Å²) in [5.41, 5.74) is 1.83. The third-order valence-corrected chi connectivity index (χ3v) is 9.82. The fourth-order valence-corrected chi connectivity index (χ4v) is 6.06. The molecule has 1 saturated heterocycles. The van der Waals surface area contributed by atoms with Crippen molar-refractivity contribution in [3.05, 3.63) is 41.0 Å². The van der Waals surface area contributed by atoms with E-state index < -0.39 is 29.7 Å². The van der Waals surface area contributed by atoms with Crippen LogP contribution in [0.25, 0.3) is 0 Å². The zero-order valence-electron chi connectivity index (χ0n) is 20.3. The van der Waals surface area contributed by atoms with Gasteiger partial charge in [-0.1, -0.05) is 54.5 Å². The lowest BCUT2D eigenvalue weighted by Gasteiger charge is -2.33. The first-order chi connectivity index (χ1) is 15.8. The highest BCUT2D eigenvalue weighted by molar-refractivity contribution is 8.77. The van der Waals surface area contributed by atoms with Crippen LogP contribution < -0.4 is 4.90 Å². The van der Waals surface area contributed by atoms with E-state index in [1.807, 2.05) is 13.8 Å². The number of amides is 2. The van der Waals surface area contributed by atoms with Gasteiger partial charge in [0.05, 0.1) is 35.3 Å². The summed E-state index contributed by atoms with van der Waals surface area (Å²) in [6.07, 6.45) is -1.78. The lowest BCUT2D eigenvalue weighted by molar-refractivity contribution is 0.0486. The van der Waals surface area contributed by atoms with E-state index in [0.29, 0.717) is 17.5 Å². The number of rotatable bonds is 6. The van der Waals surface area contributed by atoms with E-state index in [-0.39, 0.29) is 41.7 Å². The molecule has 2 atom stereocenters. The summed E-state index contributed by atoms with van der Waals surface area (Å²) in [6.45, 7) is 13.8. The summed E-state index contributed by atoms with van der Waals surface area (Å²) in [5, 5.41) is 30.8. The van der Waals surface area contributed by atoms with Crippen molar-refractivity contribution >= 4 is 39.3 Å². The van der Waals surface area contributed by atoms with E-state index in [2.05, 4.69) is 27.4 Å². The van der Waals surface area contributed by atoms with Crippen LogP contribution in [-0.4, -0.2) is 67.1 Å². The number of aliphatic hydroxyl groups excluding tert-OH is 3. The number of ether oxygens (including phenoxy) is 1. The number of nitrogens with zero attached hydrogens (tertiary/aromatic N) is 2. The predicted molar refractivity (Wildman–Crippen MR) is 136 cm³/mol. The van der Waals surface area contributed by atoms with E-state index in [1.165, 1.54) is 17.0 Å². The van der Waals surface area contributed by atoms with Crippen molar-refractivity contribution in [1.29, 1.82) is 0 Å². The van der Waals surface area contributed by atoms with E-state index in [0.717, 1.165) is 10.5 Å². The van der Waals surface area contributed by atoms with E-state index in [4.69, 9.17) is 4.74 Å². The van der Waals surface area contributed by atoms with Crippen LogP contribution >= 0.6 is 21.6 Å². The molecule has 8 nitrogen and oxygen atoms in total. The number of hydrogen-bond acceptors (Lipinski definition) is 8. The molecule has 1 unspecified atom stereocenters. The highest BCUT2D eigenvalue weighted by Crippen LogP contribution is 2.44. The molecular formula is C24H34N2O6S2. The van der Waals surface area contributed by atoms with E-state index in [9.17, 15) is 24.9 Å². The predicted octanol–water partition coefficient (Wildman–Crippen LogP) is 3.68. The van der Waals surface area contributed by atoms with Crippen LogP contribution in [0.15, 0.2) is 24.3 Å². The van der Waals surface area contributed by atoms with Crippen LogP contribution in [0.4, 0.5) is 10.5 Å². The molecule has 2 amide bonds. The monoisotopic (exact) mass is 510 g/mol. The fraction of sp³-hybridized carbons (Fsp3) is 0.583. The second-order valence-electron chi connectivity index (χ2n) is 10.3. The summed E-state index contributed by atoms with van der Waals surface area (Å²) in [5.74, 6) is -0.371. The summed E-state index contributed by atoms with van der Waals surface area (Å²) < 4.78 is 5.30. The molecular weight excluding hydrogens is 476 g/mol. The molecule has 188 valence electrons. The molecule has 0 spiro atoms. The summed E-state index contributed by atoms with van der Waals surface area (Å²) in [7, 11) is 3.31. The van der Waals surface area contributed by atoms with Crippen molar-refractivity contribution in [1.82, 2.24) is 4.90 Å². The molecule has 34 heavy (non-hydrogen) atoms. The van der Waals surface area contributed by atoms with Gasteiger partial charge in [0.25, 0.3) is 5.91 Å². The number of benzene rings is 1. The molecule has 0 radical (unpaired) electrons. The number of fused-ring (bicyclic) bond motifs is 2. The van der Waals surface area contributed by atoms with Gasteiger partial charge in [0, 0.05) is 11.3 Å². The molecule has 1 aromatic rings. The molecule has 1 fully saturated rings. The third-order valence-electron chi connectivity index (χ3n) is 5.57. The number of carbonyl (C=O) groups is 2. The second kappa shape index (κ2) is 10.1. The minimum Gasteiger partial charge on any atom is -0.448 e. The smallest absolute Gasteiger partial charge is 0.416 e. The van der Waals surface area contributed by atoms with Crippen LogP contribution in [-0.2, 0) is 18.0 Å². The largest absolute Gasteiger partial charge is 0.448 e. The van der Waals surface area contributed by atoms with Gasteiger partial charge in [-0.15, -0.1) is 0 Å². The van der Waals surface area contributed by atoms with Crippen LogP contribution in [0.1, 0.15) is 62.5 Å². The number of carbonyl (C=O) groups excluding carboxylic acids is 2. The minimum absolute atomic E-state index is 0.0334. The molecule has 1 aromatic carbocycles. The maximum atomic E-state index is 13.4. The summed E-state index contributed by atoms with van der Waals surface area (Å²) in [6, 6.07) is 2.27. The van der Waals surface area contributed by atoms with Crippen LogP contribution in [0.5, 0.6) is 0 Å². The van der Waals surface area contributed by atoms with E-state index >= 15 is 0 Å². The van der Waals surface area contributed by atoms with Crippen LogP contribution in [0.2, 0.25) is 0 Å². The normalized spacial score (nSPS) is 20.8. The lowest BCUT2D eigenvalue weighted by Crippen LogP contribution is -2.51. The minimum atomic E-state index is -1.36. The molecule has 10 heteroatoms. The maximum Gasteiger partial charge on any atom is 0.416 e. The first-order valence-corrected chi connectivity index (χ1v) is 13.3. The Balaban J connectivity index is 1.96. The quantitative estimate of drug-likeness (QED) is 0.393. The molecule has 2 aliphatic rings. The summed E-state index contributed by atoms with van der Waals surface area (Å²) >= 11 is 0. The zero-order valence-corrected chi connectivity index (χ0v) is 22.0. The Morgan fingerprint density at radius 2 is 1.76 bits per heavy atom. The van der Waals surface area contributed by atoms with Gasteiger partial charge in [-0.3, -0.25) is 4.79 Å². The fourth-order valence-electron chi connectivity index (χ4n) is 3.90. The highest BCUT2D eigenvalue weighted by Gasteiger charge is 2.46. The number of aliphatic hydroxyl groups is 3. The first-order valence-electron chi connectivity index (χ1n) is 11.1. The molecule has 0 bridgehead atoms. The van der Waals surface area contributed by atoms with Crippen LogP contribution in [0.3, 0.4) is 0 Å². The maximum absolute atomic E-state index is 13.4. The average Bonchev–Trinajstić information content (AvgIpc) is 3.14. The lowest BCUT2D eigenvalue weighted by atomic mass is 10.0. The van der Waals surface area contributed by atoms with Crippen molar-refractivity contribution in [2.24, 2.45) is 0 Å². The Morgan fingerprint density at radius 3 is 2.35 bits per heavy atom. The van der Waals surface area contributed by atoms with Gasteiger partial charge >= 0.3 is 6.09 Å². The van der Waals surface area contributed by atoms with Crippen molar-refractivity contribution in [2.45, 2.75) is 76.0 Å². The van der Waals surface area contributed by atoms with Gasteiger partial charge < -0.3 is 25.0 Å². The Bertz CT molecular complexity index is 975. The average molecular weight is 511 g/mol. The van der Waals surface area contributed by atoms with Gasteiger partial charge in [0.1, 0.15) is 6.61 Å². The Morgan fingerprint density at radius 1 is 1.15 bits per heavy atom. The topological polar surface area (TPSA) is 111 Å². The van der Waals surface area contributed by atoms with Gasteiger partial charge in [0.15, 0.2) is 6.23 Å². The number of anilines is 1. The van der Waals surface area contributed by atoms with Crippen molar-refractivity contribution in [3.63, 3.8) is 0 Å². The van der Waals surface area contributed by atoms with Gasteiger partial charge in [-0.2, -0.15) is 0 Å². The molecule has 2 aliphatic heterocycles. The molecule has 3 rings (SSSR count).